The van der Waals surface area contributed by atoms with Crippen LogP contribution >= 0.6 is 0 Å². The van der Waals surface area contributed by atoms with Crippen molar-refractivity contribution in [3.63, 3.8) is 0 Å². The number of aryl methyl sites for hydroxylation is 1. The number of H-pyrrole nitrogens is 1. The molecule has 0 saturated heterocycles. The lowest BCUT2D eigenvalue weighted by Gasteiger charge is -2.02. The summed E-state index contributed by atoms with van der Waals surface area (Å²) >= 11 is 0. The molecular formula is C12H13N5O3. The van der Waals surface area contributed by atoms with Crippen molar-refractivity contribution in [2.45, 2.75) is 20.8 Å². The zero-order valence-corrected chi connectivity index (χ0v) is 11.2. The second-order valence-corrected chi connectivity index (χ2v) is 4.47. The number of aromatic nitrogens is 2. The molecule has 0 bridgehead atoms. The first kappa shape index (κ1) is 13.7. The van der Waals surface area contributed by atoms with Crippen LogP contribution in [0, 0.1) is 17.0 Å². The number of carbonyl (C=O) groups excluding carboxylic acids is 1. The number of amides is 1. The molecule has 0 aliphatic carbocycles. The number of hydrogen-bond acceptors (Lipinski definition) is 5. The highest BCUT2D eigenvalue weighted by Crippen LogP contribution is 2.24. The van der Waals surface area contributed by atoms with Crippen LogP contribution in [0.25, 0.3) is 11.0 Å². The van der Waals surface area contributed by atoms with Crippen molar-refractivity contribution in [3.05, 3.63) is 33.6 Å². The number of nitro benzene ring substituents is 1. The Labute approximate surface area is 114 Å². The molecule has 0 aliphatic rings. The normalized spacial score (nSPS) is 10.3. The fourth-order valence-corrected chi connectivity index (χ4v) is 1.73. The predicted molar refractivity (Wildman–Crippen MR) is 73.7 cm³/mol. The summed E-state index contributed by atoms with van der Waals surface area (Å²) in [5.74, 6) is -0.0188. The summed E-state index contributed by atoms with van der Waals surface area (Å²) < 4.78 is 0. The molecule has 1 amide bonds. The van der Waals surface area contributed by atoms with E-state index in [9.17, 15) is 14.9 Å². The van der Waals surface area contributed by atoms with Crippen molar-refractivity contribution in [1.82, 2.24) is 15.4 Å². The number of rotatable bonds is 3. The van der Waals surface area contributed by atoms with Gasteiger partial charge in [0.2, 0.25) is 0 Å². The third kappa shape index (κ3) is 2.63. The molecule has 8 heteroatoms. The standard InChI is InChI=1S/C12H13N5O3/c1-6(2)15-16-12(18)8-4-9-10(14-7(3)13-9)5-11(8)17(19)20/h4-5H,1-3H3,(H,13,14)(H,16,18). The fraction of sp³-hybridized carbons (Fsp3) is 0.250. The summed E-state index contributed by atoms with van der Waals surface area (Å²) in [6.07, 6.45) is 0. The topological polar surface area (TPSA) is 113 Å². The maximum absolute atomic E-state index is 12.0. The molecule has 0 aliphatic heterocycles. The lowest BCUT2D eigenvalue weighted by molar-refractivity contribution is -0.385. The van der Waals surface area contributed by atoms with E-state index < -0.39 is 10.8 Å². The van der Waals surface area contributed by atoms with Crippen molar-refractivity contribution in [2.24, 2.45) is 5.10 Å². The van der Waals surface area contributed by atoms with Gasteiger partial charge in [0.15, 0.2) is 0 Å². The molecule has 1 heterocycles. The number of nitrogens with one attached hydrogen (secondary N) is 2. The number of hydrazone groups is 1. The van der Waals surface area contributed by atoms with Gasteiger partial charge >= 0.3 is 0 Å². The van der Waals surface area contributed by atoms with Crippen LogP contribution in [0.1, 0.15) is 30.0 Å². The average molecular weight is 275 g/mol. The van der Waals surface area contributed by atoms with Gasteiger partial charge in [-0.15, -0.1) is 0 Å². The van der Waals surface area contributed by atoms with Crippen LogP contribution in [0.15, 0.2) is 17.2 Å². The highest BCUT2D eigenvalue weighted by atomic mass is 16.6. The highest BCUT2D eigenvalue weighted by Gasteiger charge is 2.22. The third-order valence-corrected chi connectivity index (χ3v) is 2.54. The Morgan fingerprint density at radius 2 is 2.15 bits per heavy atom. The van der Waals surface area contributed by atoms with Crippen molar-refractivity contribution >= 4 is 28.3 Å². The molecular weight excluding hydrogens is 262 g/mol. The van der Waals surface area contributed by atoms with Crippen molar-refractivity contribution < 1.29 is 9.72 Å². The molecule has 104 valence electrons. The Bertz CT molecular complexity index is 728. The number of benzene rings is 1. The molecule has 8 nitrogen and oxygen atoms in total. The van der Waals surface area contributed by atoms with E-state index >= 15 is 0 Å². The lowest BCUT2D eigenvalue weighted by atomic mass is 10.1. The summed E-state index contributed by atoms with van der Waals surface area (Å²) in [5, 5.41) is 14.8. The highest BCUT2D eigenvalue weighted by molar-refractivity contribution is 6.02. The van der Waals surface area contributed by atoms with E-state index in [4.69, 9.17) is 0 Å². The maximum atomic E-state index is 12.0. The van der Waals surface area contributed by atoms with Gasteiger partial charge in [-0.1, -0.05) is 0 Å². The molecule has 0 radical (unpaired) electrons. The number of nitro groups is 1. The number of fused-ring (bicyclic) bond motifs is 1. The minimum Gasteiger partial charge on any atom is -0.342 e. The first-order chi connectivity index (χ1) is 9.38. The van der Waals surface area contributed by atoms with Crippen molar-refractivity contribution in [3.8, 4) is 0 Å². The van der Waals surface area contributed by atoms with E-state index in [1.807, 2.05) is 0 Å². The first-order valence-electron chi connectivity index (χ1n) is 5.84. The second kappa shape index (κ2) is 5.08. The lowest BCUT2D eigenvalue weighted by Crippen LogP contribution is -2.19. The quantitative estimate of drug-likeness (QED) is 0.506. The van der Waals surface area contributed by atoms with Gasteiger partial charge in [0.1, 0.15) is 11.4 Å². The van der Waals surface area contributed by atoms with E-state index in [-0.39, 0.29) is 11.3 Å². The molecule has 0 unspecified atom stereocenters. The molecule has 2 aromatic rings. The monoisotopic (exact) mass is 275 g/mol. The smallest absolute Gasteiger partial charge is 0.284 e. The van der Waals surface area contributed by atoms with Gasteiger partial charge in [0.05, 0.1) is 16.0 Å². The van der Waals surface area contributed by atoms with Crippen LogP contribution in [0.5, 0.6) is 0 Å². The van der Waals surface area contributed by atoms with Gasteiger partial charge in [0.25, 0.3) is 11.6 Å². The number of imidazole rings is 1. The van der Waals surface area contributed by atoms with E-state index in [0.717, 1.165) is 0 Å². The van der Waals surface area contributed by atoms with Gasteiger partial charge in [-0.25, -0.2) is 10.4 Å². The number of aromatic amines is 1. The van der Waals surface area contributed by atoms with Gasteiger partial charge in [0, 0.05) is 11.8 Å². The second-order valence-electron chi connectivity index (χ2n) is 4.47. The molecule has 20 heavy (non-hydrogen) atoms. The average Bonchev–Trinajstić information content (AvgIpc) is 2.73. The van der Waals surface area contributed by atoms with Crippen LogP contribution in [0.3, 0.4) is 0 Å². The molecule has 0 saturated carbocycles. The molecule has 2 rings (SSSR count). The minimum absolute atomic E-state index is 0.0704. The third-order valence-electron chi connectivity index (χ3n) is 2.54. The Hall–Kier alpha value is -2.77. The zero-order chi connectivity index (χ0) is 14.9. The van der Waals surface area contributed by atoms with Gasteiger partial charge in [-0.2, -0.15) is 5.10 Å². The Balaban J connectivity index is 2.54. The maximum Gasteiger partial charge on any atom is 0.284 e. The molecule has 0 atom stereocenters. The van der Waals surface area contributed by atoms with Crippen LogP contribution in [-0.2, 0) is 0 Å². The molecule has 0 spiro atoms. The largest absolute Gasteiger partial charge is 0.342 e. The summed E-state index contributed by atoms with van der Waals surface area (Å²) in [4.78, 5) is 29.5. The van der Waals surface area contributed by atoms with E-state index in [1.54, 1.807) is 20.8 Å². The van der Waals surface area contributed by atoms with Gasteiger partial charge in [-0.05, 0) is 26.8 Å². The molecule has 2 N–H and O–H groups in total. The molecule has 1 aromatic carbocycles. The Morgan fingerprint density at radius 1 is 1.45 bits per heavy atom. The fourth-order valence-electron chi connectivity index (χ4n) is 1.73. The molecule has 0 fully saturated rings. The summed E-state index contributed by atoms with van der Waals surface area (Å²) in [6, 6.07) is 2.68. The van der Waals surface area contributed by atoms with Crippen LogP contribution in [0.4, 0.5) is 5.69 Å². The zero-order valence-electron chi connectivity index (χ0n) is 11.2. The summed E-state index contributed by atoms with van der Waals surface area (Å²) in [5.41, 5.74) is 3.56. The number of carbonyl (C=O) groups is 1. The van der Waals surface area contributed by atoms with Gasteiger partial charge in [-0.3, -0.25) is 14.9 Å². The van der Waals surface area contributed by atoms with E-state index in [0.29, 0.717) is 22.6 Å². The first-order valence-corrected chi connectivity index (χ1v) is 5.84. The van der Waals surface area contributed by atoms with E-state index in [1.165, 1.54) is 12.1 Å². The number of hydrogen-bond donors (Lipinski definition) is 2. The molecule has 1 aromatic heterocycles. The SMILES string of the molecule is CC(C)=NNC(=O)c1cc2nc(C)[nH]c2cc1[N+](=O)[O-]. The Morgan fingerprint density at radius 3 is 2.75 bits per heavy atom. The Kier molecular flexibility index (Phi) is 3.47. The van der Waals surface area contributed by atoms with Crippen LogP contribution in [0.2, 0.25) is 0 Å². The van der Waals surface area contributed by atoms with Crippen LogP contribution in [-0.4, -0.2) is 26.5 Å². The summed E-state index contributed by atoms with van der Waals surface area (Å²) in [7, 11) is 0. The van der Waals surface area contributed by atoms with Crippen molar-refractivity contribution in [2.75, 3.05) is 0 Å². The number of nitrogens with zero attached hydrogens (tertiary/aromatic N) is 3. The summed E-state index contributed by atoms with van der Waals surface area (Å²) in [6.45, 7) is 5.14. The minimum atomic E-state index is -0.638. The van der Waals surface area contributed by atoms with Crippen molar-refractivity contribution in [1.29, 1.82) is 0 Å². The van der Waals surface area contributed by atoms with E-state index in [2.05, 4.69) is 20.5 Å². The predicted octanol–water partition coefficient (Wildman–Crippen LogP) is 1.91. The van der Waals surface area contributed by atoms with Crippen LogP contribution < -0.4 is 5.43 Å². The van der Waals surface area contributed by atoms with Gasteiger partial charge < -0.3 is 4.98 Å².